The Morgan fingerprint density at radius 2 is 2.25 bits per heavy atom. The molecule has 0 aliphatic rings. The number of hydrogen-bond acceptors (Lipinski definition) is 4. The Morgan fingerprint density at radius 3 is 2.88 bits per heavy atom. The van der Waals surface area contributed by atoms with Crippen LogP contribution in [-0.4, -0.2) is 23.2 Å². The number of hydrogen-bond donors (Lipinski definition) is 2. The molecule has 5 heteroatoms. The smallest absolute Gasteiger partial charge is 0.338 e. The van der Waals surface area contributed by atoms with Gasteiger partial charge in [0.2, 0.25) is 0 Å². The SMILES string of the molecule is COc1ccc2c(C(=O)O)c(N)cnc2c1. The largest absolute Gasteiger partial charge is 0.497 e. The van der Waals surface area contributed by atoms with Gasteiger partial charge >= 0.3 is 5.97 Å². The number of aromatic nitrogens is 1. The summed E-state index contributed by atoms with van der Waals surface area (Å²) in [4.78, 5) is 15.1. The first-order valence-corrected chi connectivity index (χ1v) is 4.59. The Morgan fingerprint density at radius 1 is 1.50 bits per heavy atom. The molecule has 0 bridgehead atoms. The molecule has 2 aromatic rings. The quantitative estimate of drug-likeness (QED) is 0.798. The van der Waals surface area contributed by atoms with Crippen molar-refractivity contribution in [3.8, 4) is 5.75 Å². The molecule has 0 unspecified atom stereocenters. The summed E-state index contributed by atoms with van der Waals surface area (Å²) in [6, 6.07) is 4.98. The molecule has 0 spiro atoms. The van der Waals surface area contributed by atoms with Gasteiger partial charge < -0.3 is 15.6 Å². The highest BCUT2D eigenvalue weighted by Crippen LogP contribution is 2.25. The normalized spacial score (nSPS) is 10.3. The van der Waals surface area contributed by atoms with Gasteiger partial charge in [0.1, 0.15) is 5.75 Å². The molecule has 0 saturated heterocycles. The van der Waals surface area contributed by atoms with Crippen molar-refractivity contribution in [1.82, 2.24) is 4.98 Å². The number of benzene rings is 1. The van der Waals surface area contributed by atoms with Crippen LogP contribution < -0.4 is 10.5 Å². The Labute approximate surface area is 91.5 Å². The Bertz CT molecular complexity index is 566. The summed E-state index contributed by atoms with van der Waals surface area (Å²) in [6.07, 6.45) is 1.34. The number of carboxylic acid groups (broad SMARTS) is 1. The van der Waals surface area contributed by atoms with E-state index in [0.29, 0.717) is 16.7 Å². The van der Waals surface area contributed by atoms with Gasteiger partial charge in [-0.25, -0.2) is 4.79 Å². The van der Waals surface area contributed by atoms with E-state index < -0.39 is 5.97 Å². The molecule has 16 heavy (non-hydrogen) atoms. The predicted molar refractivity (Wildman–Crippen MR) is 59.7 cm³/mol. The van der Waals surface area contributed by atoms with Crippen LogP contribution in [0.4, 0.5) is 5.69 Å². The maximum absolute atomic E-state index is 11.1. The van der Waals surface area contributed by atoms with Gasteiger partial charge in [0.15, 0.2) is 0 Å². The number of ether oxygens (including phenoxy) is 1. The van der Waals surface area contributed by atoms with Crippen molar-refractivity contribution in [2.45, 2.75) is 0 Å². The first-order valence-electron chi connectivity index (χ1n) is 4.59. The molecule has 1 heterocycles. The van der Waals surface area contributed by atoms with Crippen LogP contribution in [0.25, 0.3) is 10.9 Å². The second-order valence-corrected chi connectivity index (χ2v) is 3.28. The lowest BCUT2D eigenvalue weighted by molar-refractivity contribution is 0.0700. The number of carboxylic acids is 1. The van der Waals surface area contributed by atoms with Crippen molar-refractivity contribution in [2.75, 3.05) is 12.8 Å². The first kappa shape index (κ1) is 10.2. The average molecular weight is 218 g/mol. The molecule has 1 aromatic heterocycles. The lowest BCUT2D eigenvalue weighted by Gasteiger charge is -2.06. The summed E-state index contributed by atoms with van der Waals surface area (Å²) in [7, 11) is 1.54. The van der Waals surface area contributed by atoms with Gasteiger partial charge in [0.05, 0.1) is 30.1 Å². The van der Waals surface area contributed by atoms with Crippen LogP contribution in [-0.2, 0) is 0 Å². The van der Waals surface area contributed by atoms with Crippen LogP contribution in [0.2, 0.25) is 0 Å². The van der Waals surface area contributed by atoms with Crippen molar-refractivity contribution in [2.24, 2.45) is 0 Å². The number of aromatic carboxylic acids is 1. The third-order valence-electron chi connectivity index (χ3n) is 2.32. The molecular formula is C11H10N2O3. The number of methoxy groups -OCH3 is 1. The third-order valence-corrected chi connectivity index (χ3v) is 2.32. The number of fused-ring (bicyclic) bond motifs is 1. The lowest BCUT2D eigenvalue weighted by Crippen LogP contribution is -2.04. The number of pyridine rings is 1. The zero-order valence-corrected chi connectivity index (χ0v) is 8.60. The van der Waals surface area contributed by atoms with E-state index in [1.807, 2.05) is 0 Å². The first-order chi connectivity index (χ1) is 7.63. The Kier molecular flexibility index (Phi) is 2.36. The Balaban J connectivity index is 2.79. The van der Waals surface area contributed by atoms with Gasteiger partial charge in [-0.1, -0.05) is 0 Å². The van der Waals surface area contributed by atoms with E-state index in [1.165, 1.54) is 13.3 Å². The van der Waals surface area contributed by atoms with Crippen LogP contribution in [0.5, 0.6) is 5.75 Å². The second-order valence-electron chi connectivity index (χ2n) is 3.28. The van der Waals surface area contributed by atoms with Gasteiger partial charge in [-0.15, -0.1) is 0 Å². The third kappa shape index (κ3) is 1.52. The molecule has 2 rings (SSSR count). The lowest BCUT2D eigenvalue weighted by atomic mass is 10.1. The molecule has 0 amide bonds. The van der Waals surface area contributed by atoms with Crippen LogP contribution in [0.3, 0.4) is 0 Å². The molecule has 0 radical (unpaired) electrons. The average Bonchev–Trinajstić information content (AvgIpc) is 2.27. The highest BCUT2D eigenvalue weighted by Gasteiger charge is 2.13. The van der Waals surface area contributed by atoms with E-state index in [2.05, 4.69) is 4.98 Å². The molecule has 82 valence electrons. The Hall–Kier alpha value is -2.30. The molecule has 0 aliphatic heterocycles. The molecule has 5 nitrogen and oxygen atoms in total. The highest BCUT2D eigenvalue weighted by molar-refractivity contribution is 6.07. The molecule has 0 saturated carbocycles. The number of nitrogens with zero attached hydrogens (tertiary/aromatic N) is 1. The van der Waals surface area contributed by atoms with Crippen LogP contribution in [0.15, 0.2) is 24.4 Å². The molecule has 0 aliphatic carbocycles. The fourth-order valence-corrected chi connectivity index (χ4v) is 1.55. The summed E-state index contributed by atoms with van der Waals surface area (Å²) in [5, 5.41) is 9.56. The van der Waals surface area contributed by atoms with E-state index >= 15 is 0 Å². The van der Waals surface area contributed by atoms with Crippen molar-refractivity contribution in [3.05, 3.63) is 30.0 Å². The van der Waals surface area contributed by atoms with Gasteiger partial charge in [0.25, 0.3) is 0 Å². The van der Waals surface area contributed by atoms with Crippen LogP contribution in [0, 0.1) is 0 Å². The summed E-state index contributed by atoms with van der Waals surface area (Å²) in [5.74, 6) is -0.434. The standard InChI is InChI=1S/C11H10N2O3/c1-16-6-2-3-7-9(4-6)13-5-8(12)10(7)11(14)15/h2-5H,12H2,1H3,(H,14,15). The monoisotopic (exact) mass is 218 g/mol. The fourth-order valence-electron chi connectivity index (χ4n) is 1.55. The number of anilines is 1. The summed E-state index contributed by atoms with van der Waals surface area (Å²) < 4.78 is 5.03. The molecular weight excluding hydrogens is 208 g/mol. The zero-order valence-electron chi connectivity index (χ0n) is 8.60. The molecule has 0 fully saturated rings. The second kappa shape index (κ2) is 3.69. The highest BCUT2D eigenvalue weighted by atomic mass is 16.5. The minimum absolute atomic E-state index is 0.0765. The topological polar surface area (TPSA) is 85.4 Å². The number of rotatable bonds is 2. The summed E-state index contributed by atoms with van der Waals surface area (Å²) >= 11 is 0. The van der Waals surface area contributed by atoms with Gasteiger partial charge in [0, 0.05) is 11.5 Å². The maximum Gasteiger partial charge on any atom is 0.338 e. The maximum atomic E-state index is 11.1. The van der Waals surface area contributed by atoms with E-state index in [0.717, 1.165) is 0 Å². The van der Waals surface area contributed by atoms with Crippen LogP contribution >= 0.6 is 0 Å². The molecule has 0 atom stereocenters. The molecule has 3 N–H and O–H groups in total. The minimum Gasteiger partial charge on any atom is -0.497 e. The van der Waals surface area contributed by atoms with Crippen molar-refractivity contribution < 1.29 is 14.6 Å². The summed E-state index contributed by atoms with van der Waals surface area (Å²) in [6.45, 7) is 0. The van der Waals surface area contributed by atoms with Gasteiger partial charge in [-0.3, -0.25) is 4.98 Å². The van der Waals surface area contributed by atoms with E-state index in [1.54, 1.807) is 18.2 Å². The number of nitrogens with two attached hydrogens (primary N) is 1. The van der Waals surface area contributed by atoms with Gasteiger partial charge in [-0.05, 0) is 12.1 Å². The number of nitrogen functional groups attached to an aromatic ring is 1. The van der Waals surface area contributed by atoms with Crippen molar-refractivity contribution in [3.63, 3.8) is 0 Å². The molecule has 1 aromatic carbocycles. The van der Waals surface area contributed by atoms with Crippen molar-refractivity contribution in [1.29, 1.82) is 0 Å². The van der Waals surface area contributed by atoms with Gasteiger partial charge in [-0.2, -0.15) is 0 Å². The van der Waals surface area contributed by atoms with E-state index in [-0.39, 0.29) is 11.3 Å². The predicted octanol–water partition coefficient (Wildman–Crippen LogP) is 1.52. The zero-order chi connectivity index (χ0) is 11.7. The van der Waals surface area contributed by atoms with E-state index in [4.69, 9.17) is 15.6 Å². The number of carbonyl (C=O) groups is 1. The summed E-state index contributed by atoms with van der Waals surface area (Å²) in [5.41, 5.74) is 6.36. The van der Waals surface area contributed by atoms with Crippen LogP contribution in [0.1, 0.15) is 10.4 Å². The fraction of sp³-hybridized carbons (Fsp3) is 0.0909. The van der Waals surface area contributed by atoms with Crippen molar-refractivity contribution >= 4 is 22.6 Å². The van der Waals surface area contributed by atoms with E-state index in [9.17, 15) is 4.79 Å². The minimum atomic E-state index is -1.06.